The van der Waals surface area contributed by atoms with E-state index in [-0.39, 0.29) is 5.91 Å². The number of halogens is 1. The number of piperazine rings is 1. The molecule has 0 aromatic carbocycles. The van der Waals surface area contributed by atoms with Crippen LogP contribution in [0.5, 0.6) is 0 Å². The summed E-state index contributed by atoms with van der Waals surface area (Å²) in [6.45, 7) is 2.12. The summed E-state index contributed by atoms with van der Waals surface area (Å²) in [7, 11) is 0. The van der Waals surface area contributed by atoms with E-state index in [1.54, 1.807) is 23.2 Å². The van der Waals surface area contributed by atoms with Crippen LogP contribution in [0.3, 0.4) is 0 Å². The van der Waals surface area contributed by atoms with Crippen molar-refractivity contribution in [2.24, 2.45) is 0 Å². The Balaban J connectivity index is 2.00. The van der Waals surface area contributed by atoms with E-state index in [1.807, 2.05) is 4.90 Å². The Hall–Kier alpha value is -1.33. The number of rotatable bonds is 2. The van der Waals surface area contributed by atoms with Gasteiger partial charge in [0.15, 0.2) is 0 Å². The highest BCUT2D eigenvalue weighted by Crippen LogP contribution is 2.23. The van der Waals surface area contributed by atoms with E-state index in [1.165, 1.54) is 0 Å². The van der Waals surface area contributed by atoms with Gasteiger partial charge in [0.1, 0.15) is 12.4 Å². The fraction of sp³-hybridized carbons (Fsp3) is 0.455. The van der Waals surface area contributed by atoms with Crippen molar-refractivity contribution >= 4 is 23.3 Å². The van der Waals surface area contributed by atoms with Crippen LogP contribution in [-0.2, 0) is 4.79 Å². The van der Waals surface area contributed by atoms with E-state index in [9.17, 15) is 4.79 Å². The first-order chi connectivity index (χ1) is 8.22. The maximum Gasteiger partial charge on any atom is 0.248 e. The van der Waals surface area contributed by atoms with Gasteiger partial charge in [0.25, 0.3) is 0 Å². The van der Waals surface area contributed by atoms with Gasteiger partial charge in [0, 0.05) is 32.4 Å². The molecule has 0 unspecified atom stereocenters. The Kier molecular flexibility index (Phi) is 3.81. The van der Waals surface area contributed by atoms with Crippen molar-refractivity contribution < 1.29 is 9.90 Å². The maximum absolute atomic E-state index is 11.3. The summed E-state index contributed by atoms with van der Waals surface area (Å²) in [6, 6.07) is 3.59. The predicted octanol–water partition coefficient (Wildman–Crippen LogP) is 0.376. The van der Waals surface area contributed by atoms with Gasteiger partial charge in [-0.05, 0) is 12.1 Å². The van der Waals surface area contributed by atoms with Crippen LogP contribution < -0.4 is 4.90 Å². The topological polar surface area (TPSA) is 56.7 Å². The summed E-state index contributed by atoms with van der Waals surface area (Å²) in [6.07, 6.45) is 1.70. The molecule has 17 heavy (non-hydrogen) atoms. The molecule has 0 spiro atoms. The Labute approximate surface area is 105 Å². The smallest absolute Gasteiger partial charge is 0.248 e. The quantitative estimate of drug-likeness (QED) is 0.830. The highest BCUT2D eigenvalue weighted by Gasteiger charge is 2.22. The minimum absolute atomic E-state index is 0.225. The van der Waals surface area contributed by atoms with Crippen LogP contribution in [-0.4, -0.2) is 53.7 Å². The summed E-state index contributed by atoms with van der Waals surface area (Å²) >= 11 is 6.06. The minimum atomic E-state index is -0.426. The van der Waals surface area contributed by atoms with Gasteiger partial charge in [0.05, 0.1) is 5.02 Å². The van der Waals surface area contributed by atoms with E-state index in [4.69, 9.17) is 16.7 Å². The molecule has 2 rings (SSSR count). The van der Waals surface area contributed by atoms with E-state index < -0.39 is 6.61 Å². The van der Waals surface area contributed by atoms with Crippen LogP contribution >= 0.6 is 11.6 Å². The lowest BCUT2D eigenvalue weighted by molar-refractivity contribution is -0.134. The van der Waals surface area contributed by atoms with E-state index in [2.05, 4.69) is 4.98 Å². The predicted molar refractivity (Wildman–Crippen MR) is 65.1 cm³/mol. The number of aromatic nitrogens is 1. The van der Waals surface area contributed by atoms with Gasteiger partial charge in [-0.15, -0.1) is 0 Å². The van der Waals surface area contributed by atoms with Gasteiger partial charge in [-0.25, -0.2) is 4.98 Å². The standard InChI is InChI=1S/C11H14ClN3O2/c12-9-2-1-3-13-11(9)15-6-4-14(5-7-15)10(17)8-16/h1-3,16H,4-8H2. The Morgan fingerprint density at radius 1 is 1.41 bits per heavy atom. The first kappa shape index (κ1) is 12.1. The zero-order valence-corrected chi connectivity index (χ0v) is 10.1. The van der Waals surface area contributed by atoms with Crippen molar-refractivity contribution in [1.29, 1.82) is 0 Å². The summed E-state index contributed by atoms with van der Waals surface area (Å²) < 4.78 is 0. The first-order valence-electron chi connectivity index (χ1n) is 5.46. The first-order valence-corrected chi connectivity index (χ1v) is 5.84. The third kappa shape index (κ3) is 2.68. The highest BCUT2D eigenvalue weighted by atomic mass is 35.5. The van der Waals surface area contributed by atoms with E-state index in [0.717, 1.165) is 5.82 Å². The fourth-order valence-corrected chi connectivity index (χ4v) is 2.12. The zero-order chi connectivity index (χ0) is 12.3. The fourth-order valence-electron chi connectivity index (χ4n) is 1.88. The number of anilines is 1. The molecule has 0 aliphatic carbocycles. The van der Waals surface area contributed by atoms with Crippen LogP contribution in [0.2, 0.25) is 5.02 Å². The molecule has 1 amide bonds. The number of amides is 1. The lowest BCUT2D eigenvalue weighted by atomic mass is 10.3. The molecule has 1 N–H and O–H groups in total. The summed E-state index contributed by atoms with van der Waals surface area (Å²) in [5.74, 6) is 0.530. The van der Waals surface area contributed by atoms with Crippen molar-refractivity contribution in [2.45, 2.75) is 0 Å². The minimum Gasteiger partial charge on any atom is -0.387 e. The molecular weight excluding hydrogens is 242 g/mol. The molecule has 1 saturated heterocycles. The monoisotopic (exact) mass is 255 g/mol. The van der Waals surface area contributed by atoms with Crippen molar-refractivity contribution in [3.63, 3.8) is 0 Å². The average Bonchev–Trinajstić information content (AvgIpc) is 2.39. The highest BCUT2D eigenvalue weighted by molar-refractivity contribution is 6.32. The number of aliphatic hydroxyl groups excluding tert-OH is 1. The molecule has 1 fully saturated rings. The molecule has 1 aromatic heterocycles. The molecule has 2 heterocycles. The van der Waals surface area contributed by atoms with Gasteiger partial charge < -0.3 is 14.9 Å². The second-order valence-electron chi connectivity index (χ2n) is 3.83. The molecular formula is C11H14ClN3O2. The van der Waals surface area contributed by atoms with Crippen molar-refractivity contribution in [3.05, 3.63) is 23.4 Å². The number of hydrogen-bond donors (Lipinski definition) is 1. The van der Waals surface area contributed by atoms with Crippen molar-refractivity contribution in [1.82, 2.24) is 9.88 Å². The number of nitrogens with zero attached hydrogens (tertiary/aromatic N) is 3. The summed E-state index contributed by atoms with van der Waals surface area (Å²) in [5.41, 5.74) is 0. The second-order valence-corrected chi connectivity index (χ2v) is 4.24. The molecule has 0 saturated carbocycles. The van der Waals surface area contributed by atoms with Crippen molar-refractivity contribution in [3.8, 4) is 0 Å². The largest absolute Gasteiger partial charge is 0.387 e. The Bertz CT molecular complexity index is 405. The van der Waals surface area contributed by atoms with E-state index in [0.29, 0.717) is 31.2 Å². The van der Waals surface area contributed by atoms with Crippen LogP contribution in [0, 0.1) is 0 Å². The van der Waals surface area contributed by atoms with Crippen LogP contribution in [0.25, 0.3) is 0 Å². The summed E-state index contributed by atoms with van der Waals surface area (Å²) in [5, 5.41) is 9.40. The average molecular weight is 256 g/mol. The number of carbonyl (C=O) groups excluding carboxylic acids is 1. The van der Waals surface area contributed by atoms with Gasteiger partial charge in [-0.3, -0.25) is 4.79 Å². The SMILES string of the molecule is O=C(CO)N1CCN(c2ncccc2Cl)CC1. The van der Waals surface area contributed by atoms with Crippen LogP contribution in [0.1, 0.15) is 0 Å². The van der Waals surface area contributed by atoms with E-state index >= 15 is 0 Å². The lowest BCUT2D eigenvalue weighted by Crippen LogP contribution is -2.49. The number of aliphatic hydroxyl groups is 1. The Morgan fingerprint density at radius 2 is 2.12 bits per heavy atom. The number of pyridine rings is 1. The summed E-state index contributed by atoms with van der Waals surface area (Å²) in [4.78, 5) is 19.2. The number of carbonyl (C=O) groups is 1. The van der Waals surface area contributed by atoms with Gasteiger partial charge >= 0.3 is 0 Å². The second kappa shape index (κ2) is 5.33. The molecule has 0 bridgehead atoms. The molecule has 92 valence electrons. The van der Waals surface area contributed by atoms with Gasteiger partial charge in [0.2, 0.25) is 5.91 Å². The molecule has 1 aliphatic heterocycles. The normalized spacial score (nSPS) is 16.1. The third-order valence-electron chi connectivity index (χ3n) is 2.81. The van der Waals surface area contributed by atoms with Gasteiger partial charge in [-0.2, -0.15) is 0 Å². The number of hydrogen-bond acceptors (Lipinski definition) is 4. The third-order valence-corrected chi connectivity index (χ3v) is 3.10. The van der Waals surface area contributed by atoms with Crippen LogP contribution in [0.4, 0.5) is 5.82 Å². The molecule has 1 aliphatic rings. The lowest BCUT2D eigenvalue weighted by Gasteiger charge is -2.35. The van der Waals surface area contributed by atoms with Crippen molar-refractivity contribution in [2.75, 3.05) is 37.7 Å². The van der Waals surface area contributed by atoms with Crippen LogP contribution in [0.15, 0.2) is 18.3 Å². The maximum atomic E-state index is 11.3. The molecule has 6 heteroatoms. The Morgan fingerprint density at radius 3 is 2.71 bits per heavy atom. The molecule has 5 nitrogen and oxygen atoms in total. The molecule has 1 aromatic rings. The molecule has 0 atom stereocenters. The van der Waals surface area contributed by atoms with Gasteiger partial charge in [-0.1, -0.05) is 11.6 Å². The zero-order valence-electron chi connectivity index (χ0n) is 9.34. The molecule has 0 radical (unpaired) electrons.